The van der Waals surface area contributed by atoms with Crippen LogP contribution < -0.4 is 10.6 Å². The minimum Gasteiger partial charge on any atom is -0.480 e. The van der Waals surface area contributed by atoms with Crippen molar-refractivity contribution in [1.82, 2.24) is 10.6 Å². The summed E-state index contributed by atoms with van der Waals surface area (Å²) in [5.74, 6) is -3.99. The van der Waals surface area contributed by atoms with E-state index in [-0.39, 0.29) is 6.42 Å². The highest BCUT2D eigenvalue weighted by molar-refractivity contribution is 5.84. The Hall–Kier alpha value is -3.68. The molecule has 2 aromatic rings. The number of carboxylic acid groups (broad SMARTS) is 2. The zero-order chi connectivity index (χ0) is 22.3. The van der Waals surface area contributed by atoms with E-state index in [0.717, 1.165) is 0 Å². The van der Waals surface area contributed by atoms with E-state index in [1.165, 1.54) is 13.8 Å². The maximum atomic E-state index is 12.0. The van der Waals surface area contributed by atoms with Gasteiger partial charge in [-0.2, -0.15) is 0 Å². The van der Waals surface area contributed by atoms with Crippen LogP contribution in [0.1, 0.15) is 36.5 Å². The van der Waals surface area contributed by atoms with Crippen LogP contribution in [0.5, 0.6) is 0 Å². The summed E-state index contributed by atoms with van der Waals surface area (Å²) in [6.07, 6.45) is 0.0299. The van der Waals surface area contributed by atoms with Gasteiger partial charge in [0.1, 0.15) is 12.1 Å². The van der Waals surface area contributed by atoms with Gasteiger partial charge in [0, 0.05) is 26.2 Å². The lowest BCUT2D eigenvalue weighted by Crippen LogP contribution is -2.44. The zero-order valence-electron chi connectivity index (χ0n) is 16.7. The smallest absolute Gasteiger partial charge is 0.327 e. The van der Waals surface area contributed by atoms with Gasteiger partial charge >= 0.3 is 11.9 Å². The predicted octanol–water partition coefficient (Wildman–Crippen LogP) is 1.54. The van der Waals surface area contributed by atoms with Gasteiger partial charge in [-0.1, -0.05) is 54.6 Å². The Bertz CT molecular complexity index is 928. The van der Waals surface area contributed by atoms with Gasteiger partial charge in [0.2, 0.25) is 11.8 Å². The van der Waals surface area contributed by atoms with Gasteiger partial charge in [0.25, 0.3) is 0 Å². The van der Waals surface area contributed by atoms with Crippen molar-refractivity contribution < 1.29 is 29.4 Å². The fourth-order valence-corrected chi connectivity index (χ4v) is 3.34. The van der Waals surface area contributed by atoms with Crippen molar-refractivity contribution in [2.24, 2.45) is 0 Å². The molecule has 0 saturated carbocycles. The van der Waals surface area contributed by atoms with Crippen molar-refractivity contribution >= 4 is 23.8 Å². The van der Waals surface area contributed by atoms with Crippen LogP contribution in [0.2, 0.25) is 0 Å². The zero-order valence-corrected chi connectivity index (χ0v) is 16.7. The van der Waals surface area contributed by atoms with Crippen molar-refractivity contribution in [1.29, 1.82) is 0 Å². The first kappa shape index (κ1) is 22.6. The van der Waals surface area contributed by atoms with Crippen LogP contribution in [-0.2, 0) is 25.6 Å². The molecular weight excluding hydrogens is 388 g/mol. The molecule has 0 fully saturated rings. The third-order valence-electron chi connectivity index (χ3n) is 4.54. The summed E-state index contributed by atoms with van der Waals surface area (Å²) in [4.78, 5) is 46.3. The Morgan fingerprint density at radius 2 is 1.40 bits per heavy atom. The molecule has 2 aromatic carbocycles. The lowest BCUT2D eigenvalue weighted by molar-refractivity contribution is -0.142. The normalized spacial score (nSPS) is 13.5. The highest BCUT2D eigenvalue weighted by Crippen LogP contribution is 2.29. The fraction of sp³-hybridized carbons (Fsp3) is 0.273. The molecular formula is C22H24N2O6. The second-order valence-corrected chi connectivity index (χ2v) is 6.95. The number of hydrogen-bond donors (Lipinski definition) is 4. The Kier molecular flexibility index (Phi) is 7.69. The van der Waals surface area contributed by atoms with Crippen molar-refractivity contribution in [3.05, 3.63) is 71.3 Å². The minimum absolute atomic E-state index is 0.0299. The number of hydrogen-bond acceptors (Lipinski definition) is 4. The molecule has 0 spiro atoms. The van der Waals surface area contributed by atoms with Gasteiger partial charge in [0.15, 0.2) is 0 Å². The summed E-state index contributed by atoms with van der Waals surface area (Å²) >= 11 is 0. The summed E-state index contributed by atoms with van der Waals surface area (Å²) in [6, 6.07) is 13.4. The largest absolute Gasteiger partial charge is 0.480 e. The maximum Gasteiger partial charge on any atom is 0.327 e. The molecule has 0 aliphatic carbocycles. The van der Waals surface area contributed by atoms with Crippen LogP contribution in [0.4, 0.5) is 0 Å². The number of amides is 2. The van der Waals surface area contributed by atoms with Gasteiger partial charge in [-0.3, -0.25) is 9.59 Å². The van der Waals surface area contributed by atoms with Gasteiger partial charge in [-0.25, -0.2) is 9.59 Å². The SMILES string of the molecule is CC(=O)NC(Cc1cccc(C(c2ccccc2)C(NC(C)=O)C(=O)O)c1)C(=O)O. The monoisotopic (exact) mass is 412 g/mol. The Labute approximate surface area is 173 Å². The van der Waals surface area contributed by atoms with E-state index in [2.05, 4.69) is 10.6 Å². The molecule has 3 atom stereocenters. The predicted molar refractivity (Wildman–Crippen MR) is 109 cm³/mol. The van der Waals surface area contributed by atoms with Crippen molar-refractivity contribution in [3.63, 3.8) is 0 Å². The number of carboxylic acids is 2. The van der Waals surface area contributed by atoms with E-state index < -0.39 is 41.8 Å². The second-order valence-electron chi connectivity index (χ2n) is 6.95. The second kappa shape index (κ2) is 10.2. The van der Waals surface area contributed by atoms with E-state index in [9.17, 15) is 29.4 Å². The highest BCUT2D eigenvalue weighted by atomic mass is 16.4. The van der Waals surface area contributed by atoms with E-state index in [1.54, 1.807) is 54.6 Å². The van der Waals surface area contributed by atoms with Crippen molar-refractivity contribution in [3.8, 4) is 0 Å². The quantitative estimate of drug-likeness (QED) is 0.494. The standard InChI is InChI=1S/C22H24N2O6/c1-13(25)23-18(21(27)28)12-15-7-6-10-17(11-15)19(16-8-4-3-5-9-16)20(22(29)30)24-14(2)26/h3-11,18-20H,12H2,1-2H3,(H,23,25)(H,24,26)(H,27,28)(H,29,30). The first-order valence-electron chi connectivity index (χ1n) is 9.32. The van der Waals surface area contributed by atoms with Gasteiger partial charge in [-0.15, -0.1) is 0 Å². The lowest BCUT2D eigenvalue weighted by atomic mass is 9.84. The van der Waals surface area contributed by atoms with E-state index in [1.807, 2.05) is 0 Å². The summed E-state index contributed by atoms with van der Waals surface area (Å²) in [6.45, 7) is 2.49. The number of benzene rings is 2. The molecule has 158 valence electrons. The molecule has 0 bridgehead atoms. The number of rotatable bonds is 9. The molecule has 0 aliphatic heterocycles. The average molecular weight is 412 g/mol. The molecule has 8 heteroatoms. The first-order chi connectivity index (χ1) is 14.2. The molecule has 8 nitrogen and oxygen atoms in total. The maximum absolute atomic E-state index is 12.0. The molecule has 0 radical (unpaired) electrons. The number of carbonyl (C=O) groups excluding carboxylic acids is 2. The van der Waals surface area contributed by atoms with E-state index in [4.69, 9.17) is 0 Å². The highest BCUT2D eigenvalue weighted by Gasteiger charge is 2.32. The summed E-state index contributed by atoms with van der Waals surface area (Å²) in [5.41, 5.74) is 1.90. The number of nitrogens with one attached hydrogen (secondary N) is 2. The van der Waals surface area contributed by atoms with E-state index in [0.29, 0.717) is 16.7 Å². The van der Waals surface area contributed by atoms with Gasteiger partial charge < -0.3 is 20.8 Å². The molecule has 0 heterocycles. The third-order valence-corrected chi connectivity index (χ3v) is 4.54. The summed E-state index contributed by atoms with van der Waals surface area (Å²) in [5, 5.41) is 24.0. The Balaban J connectivity index is 2.47. The van der Waals surface area contributed by atoms with Crippen LogP contribution >= 0.6 is 0 Å². The number of aliphatic carboxylic acids is 2. The van der Waals surface area contributed by atoms with Crippen LogP contribution in [0, 0.1) is 0 Å². The van der Waals surface area contributed by atoms with Crippen LogP contribution in [0.25, 0.3) is 0 Å². The Morgan fingerprint density at radius 1 is 0.800 bits per heavy atom. The molecule has 0 aromatic heterocycles. The fourth-order valence-electron chi connectivity index (χ4n) is 3.34. The minimum atomic E-state index is -1.22. The van der Waals surface area contributed by atoms with Gasteiger partial charge in [-0.05, 0) is 16.7 Å². The molecule has 2 rings (SSSR count). The third kappa shape index (κ3) is 6.16. The molecule has 2 amide bonds. The average Bonchev–Trinajstić information content (AvgIpc) is 2.67. The van der Waals surface area contributed by atoms with Crippen LogP contribution in [0.3, 0.4) is 0 Å². The van der Waals surface area contributed by atoms with E-state index >= 15 is 0 Å². The van der Waals surface area contributed by atoms with Crippen molar-refractivity contribution in [2.75, 3.05) is 0 Å². The number of carbonyl (C=O) groups is 4. The topological polar surface area (TPSA) is 133 Å². The first-order valence-corrected chi connectivity index (χ1v) is 9.32. The summed E-state index contributed by atoms with van der Waals surface area (Å²) < 4.78 is 0. The Morgan fingerprint density at radius 3 is 1.93 bits per heavy atom. The van der Waals surface area contributed by atoms with Crippen molar-refractivity contribution in [2.45, 2.75) is 38.3 Å². The van der Waals surface area contributed by atoms with Gasteiger partial charge in [0.05, 0.1) is 0 Å². The molecule has 3 unspecified atom stereocenters. The molecule has 4 N–H and O–H groups in total. The summed E-state index contributed by atoms with van der Waals surface area (Å²) in [7, 11) is 0. The molecule has 0 aliphatic rings. The van der Waals surface area contributed by atoms with Crippen LogP contribution in [-0.4, -0.2) is 46.0 Å². The van der Waals surface area contributed by atoms with Crippen LogP contribution in [0.15, 0.2) is 54.6 Å². The molecule has 30 heavy (non-hydrogen) atoms. The molecule has 0 saturated heterocycles. The lowest BCUT2D eigenvalue weighted by Gasteiger charge is -2.26.